The van der Waals surface area contributed by atoms with Crippen LogP contribution in [0.1, 0.15) is 45.7 Å². The first kappa shape index (κ1) is 21.9. The summed E-state index contributed by atoms with van der Waals surface area (Å²) in [5.41, 5.74) is 5.72. The maximum atomic E-state index is 12.0. The summed E-state index contributed by atoms with van der Waals surface area (Å²) < 4.78 is 2.03. The second-order valence-corrected chi connectivity index (χ2v) is 9.68. The highest BCUT2D eigenvalue weighted by Crippen LogP contribution is 2.48. The largest absolute Gasteiger partial charge is 0.337 e. The van der Waals surface area contributed by atoms with Crippen LogP contribution in [-0.2, 0) is 15.6 Å². The average molecular weight is 425 g/mol. The van der Waals surface area contributed by atoms with E-state index in [0.717, 1.165) is 17.1 Å². The minimum absolute atomic E-state index is 0.0888. The number of ketones is 1. The van der Waals surface area contributed by atoms with Gasteiger partial charge in [0.1, 0.15) is 17.5 Å². The van der Waals surface area contributed by atoms with E-state index in [-0.39, 0.29) is 16.6 Å². The number of Topliss-reactive ketones (excluding diaryl/α,β-unsaturated/α-hetero) is 1. The van der Waals surface area contributed by atoms with Gasteiger partial charge in [-0.2, -0.15) is 0 Å². The predicted octanol–water partition coefficient (Wildman–Crippen LogP) is 6.24. The van der Waals surface area contributed by atoms with E-state index < -0.39 is 0 Å². The summed E-state index contributed by atoms with van der Waals surface area (Å²) in [6.07, 6.45) is 10.5. The van der Waals surface area contributed by atoms with Gasteiger partial charge in [0.05, 0.1) is 13.3 Å². The van der Waals surface area contributed by atoms with Crippen molar-refractivity contribution < 1.29 is 9.37 Å². The Hall–Kier alpha value is -3.33. The molecule has 0 aromatic heterocycles. The van der Waals surface area contributed by atoms with Gasteiger partial charge in [-0.15, -0.1) is 12.2 Å². The fourth-order valence-corrected chi connectivity index (χ4v) is 5.03. The molecule has 0 saturated carbocycles. The van der Waals surface area contributed by atoms with Gasteiger partial charge in [-0.05, 0) is 36.3 Å². The van der Waals surface area contributed by atoms with Crippen molar-refractivity contribution in [3.05, 3.63) is 102 Å². The molecule has 0 spiro atoms. The Morgan fingerprint density at radius 2 is 1.66 bits per heavy atom. The summed E-state index contributed by atoms with van der Waals surface area (Å²) in [5, 5.41) is 0. The molecule has 4 rings (SSSR count). The van der Waals surface area contributed by atoms with E-state index in [9.17, 15) is 4.79 Å². The Morgan fingerprint density at radius 3 is 2.34 bits per heavy atom. The van der Waals surface area contributed by atoms with Crippen LogP contribution in [0.25, 0.3) is 0 Å². The zero-order valence-corrected chi connectivity index (χ0v) is 19.7. The van der Waals surface area contributed by atoms with Crippen molar-refractivity contribution in [3.63, 3.8) is 0 Å². The van der Waals surface area contributed by atoms with Gasteiger partial charge < -0.3 is 4.90 Å². The first-order valence-corrected chi connectivity index (χ1v) is 11.1. The Labute approximate surface area is 192 Å². The summed E-state index contributed by atoms with van der Waals surface area (Å²) in [5.74, 6) is 0.155. The summed E-state index contributed by atoms with van der Waals surface area (Å²) in [6.45, 7) is 15.2. The topological polar surface area (TPSA) is 23.3 Å². The summed E-state index contributed by atoms with van der Waals surface area (Å²) in [6, 6.07) is 18.0. The normalized spacial score (nSPS) is 19.9. The lowest BCUT2D eigenvalue weighted by Crippen LogP contribution is -2.29. The number of carbonyl (C=O) groups excluding carboxylic acids is 1. The first-order chi connectivity index (χ1) is 15.2. The van der Waals surface area contributed by atoms with Crippen molar-refractivity contribution >= 4 is 23.9 Å². The lowest BCUT2D eigenvalue weighted by molar-refractivity contribution is -0.405. The third-order valence-electron chi connectivity index (χ3n) is 6.71. The van der Waals surface area contributed by atoms with E-state index in [2.05, 4.69) is 112 Å². The van der Waals surface area contributed by atoms with Crippen LogP contribution >= 0.6 is 0 Å². The van der Waals surface area contributed by atoms with Crippen molar-refractivity contribution in [2.24, 2.45) is 0 Å². The van der Waals surface area contributed by atoms with Crippen LogP contribution in [0.15, 0.2) is 84.6 Å². The Morgan fingerprint density at radius 1 is 1.00 bits per heavy atom. The Balaban J connectivity index is 1.58. The first-order valence-electron chi connectivity index (χ1n) is 11.1. The monoisotopic (exact) mass is 424 g/mol. The van der Waals surface area contributed by atoms with Crippen molar-refractivity contribution in [2.45, 2.75) is 45.4 Å². The molecule has 2 aromatic rings. The van der Waals surface area contributed by atoms with Gasteiger partial charge in [-0.25, -0.2) is 0 Å². The molecule has 2 aromatic carbocycles. The van der Waals surface area contributed by atoms with E-state index in [1.54, 1.807) is 6.92 Å². The van der Waals surface area contributed by atoms with Crippen LogP contribution in [0.2, 0.25) is 0 Å². The van der Waals surface area contributed by atoms with Gasteiger partial charge >= 0.3 is 0 Å². The van der Waals surface area contributed by atoms with Gasteiger partial charge in [-0.3, -0.25) is 9.37 Å². The quantitative estimate of drug-likeness (QED) is 0.322. The number of carbonyl (C=O) groups is 1. The molecule has 2 aliphatic heterocycles. The van der Waals surface area contributed by atoms with Crippen LogP contribution in [0.5, 0.6) is 0 Å². The molecular formula is C29H32N2O. The molecule has 0 fully saturated rings. The van der Waals surface area contributed by atoms with E-state index >= 15 is 0 Å². The molecule has 0 saturated heterocycles. The van der Waals surface area contributed by atoms with Gasteiger partial charge in [-0.1, -0.05) is 76.2 Å². The smallest absolute Gasteiger partial charge is 0.149 e. The molecule has 32 heavy (non-hydrogen) atoms. The highest BCUT2D eigenvalue weighted by molar-refractivity contribution is 5.85. The Kier molecular flexibility index (Phi) is 5.46. The number of anilines is 1. The molecule has 0 atom stereocenters. The number of fused-ring (bicyclic) bond motifs is 2. The van der Waals surface area contributed by atoms with Crippen molar-refractivity contribution in [3.8, 4) is 0 Å². The lowest BCUT2D eigenvalue weighted by atomic mass is 9.80. The van der Waals surface area contributed by atoms with Crippen molar-refractivity contribution in [1.29, 1.82) is 0 Å². The molecule has 0 radical (unpaired) electrons. The molecule has 2 heterocycles. The van der Waals surface area contributed by atoms with Gasteiger partial charge in [0.25, 0.3) is 0 Å². The molecule has 3 nitrogen and oxygen atoms in total. The minimum Gasteiger partial charge on any atom is -0.337 e. The van der Waals surface area contributed by atoms with Gasteiger partial charge in [0.2, 0.25) is 0 Å². The molecule has 164 valence electrons. The molecule has 0 aliphatic carbocycles. The number of benzene rings is 2. The summed E-state index contributed by atoms with van der Waals surface area (Å²) in [7, 11) is 0. The van der Waals surface area contributed by atoms with Gasteiger partial charge in [0.15, 0.2) is 0 Å². The van der Waals surface area contributed by atoms with Gasteiger partial charge in [0, 0.05) is 22.2 Å². The summed E-state index contributed by atoms with van der Waals surface area (Å²) >= 11 is 0. The third-order valence-corrected chi connectivity index (χ3v) is 6.71. The van der Waals surface area contributed by atoms with Crippen LogP contribution < -0.4 is 4.90 Å². The fourth-order valence-electron chi connectivity index (χ4n) is 5.03. The van der Waals surface area contributed by atoms with Crippen LogP contribution in [0.4, 0.5) is 11.4 Å². The number of hydrogen-bond donors (Lipinski definition) is 0. The Bertz CT molecular complexity index is 1160. The standard InChI is InChI=1S/C29H32N2O/c1-21(32)20-31-25-17-13-11-15-23(25)29(4,5)27(31)19-9-7-8-18-26-28(2,3)22-14-10-12-16-24(22)30(26)6/h7-19H,6,20H2,1-5H3. The molecule has 0 N–H and O–H groups in total. The number of allylic oxidation sites excluding steroid dienone is 5. The zero-order valence-electron chi connectivity index (χ0n) is 19.7. The molecule has 2 aliphatic rings. The highest BCUT2D eigenvalue weighted by Gasteiger charge is 2.42. The lowest BCUT2D eigenvalue weighted by Gasteiger charge is -2.26. The third kappa shape index (κ3) is 3.52. The second kappa shape index (κ2) is 7.98. The number of hydrogen-bond acceptors (Lipinski definition) is 2. The summed E-state index contributed by atoms with van der Waals surface area (Å²) in [4.78, 5) is 14.1. The predicted molar refractivity (Wildman–Crippen MR) is 134 cm³/mol. The second-order valence-electron chi connectivity index (χ2n) is 9.68. The van der Waals surface area contributed by atoms with E-state index in [1.165, 1.54) is 17.2 Å². The van der Waals surface area contributed by atoms with E-state index in [1.807, 2.05) is 10.6 Å². The van der Waals surface area contributed by atoms with Crippen LogP contribution in [0, 0.1) is 6.04 Å². The average Bonchev–Trinajstić information content (AvgIpc) is 3.08. The molecule has 3 heteroatoms. The minimum atomic E-state index is -0.159. The van der Waals surface area contributed by atoms with Crippen LogP contribution in [0.3, 0.4) is 0 Å². The van der Waals surface area contributed by atoms with E-state index in [4.69, 9.17) is 0 Å². The van der Waals surface area contributed by atoms with Crippen molar-refractivity contribution in [1.82, 2.24) is 0 Å². The maximum Gasteiger partial charge on any atom is 0.149 e. The molecule has 0 bridgehead atoms. The number of nitrogens with zero attached hydrogens (tertiary/aromatic N) is 2. The van der Waals surface area contributed by atoms with Crippen LogP contribution in [-0.4, -0.2) is 23.6 Å². The van der Waals surface area contributed by atoms with E-state index in [0.29, 0.717) is 6.54 Å². The molecule has 0 unspecified atom stereocenters. The number of rotatable bonds is 5. The molecule has 0 amide bonds. The molecular weight excluding hydrogens is 392 g/mol. The highest BCUT2D eigenvalue weighted by atomic mass is 16.1. The maximum absolute atomic E-state index is 12.0. The fraction of sp³-hybridized carbons (Fsp3) is 0.276. The number of para-hydroxylation sites is 2. The SMILES string of the molecule is C=[N+]1c2ccccc2C(C)(C)[C-]1C=CC=CC=C1N(CC(C)=O)c2ccccc2C1(C)C. The van der Waals surface area contributed by atoms with Crippen molar-refractivity contribution in [2.75, 3.05) is 11.4 Å². The zero-order chi connectivity index (χ0) is 23.1.